The van der Waals surface area contributed by atoms with Crippen LogP contribution < -0.4 is 10.2 Å². The molecule has 6 nitrogen and oxygen atoms in total. The van der Waals surface area contributed by atoms with E-state index in [1.807, 2.05) is 24.0 Å². The highest BCUT2D eigenvalue weighted by atomic mass is 15.3. The average molecular weight is 651 g/mol. The predicted molar refractivity (Wildman–Crippen MR) is 202 cm³/mol. The second-order valence-corrected chi connectivity index (χ2v) is 15.4. The fourth-order valence-corrected chi connectivity index (χ4v) is 8.01. The molecule has 0 spiro atoms. The van der Waals surface area contributed by atoms with Crippen LogP contribution in [0.3, 0.4) is 0 Å². The number of nitrogens with one attached hydrogen (secondary N) is 1. The standard InChI is InChI=1S/C34H47N5.C8H15N/c1-6-28-16-17-33(37-25(28)4)30-14-12-27(13-15-30)22-38(26(5)29-10-8-7-9-11-29)34-20-31(18-19-35-34)32-21-36-39(23-32)24(2)3;1-6(2)9-8-4-7(3)5-8/h16-21,23-24,27,29-30H,5-15,22H2,1-4H3;7-9H,1,4-5H2,2-3H3. The van der Waals surface area contributed by atoms with E-state index in [0.29, 0.717) is 23.8 Å². The lowest BCUT2D eigenvalue weighted by Gasteiger charge is -2.37. The number of nitrogens with zero attached hydrogens (tertiary/aromatic N) is 5. The molecule has 0 aromatic carbocycles. The van der Waals surface area contributed by atoms with Crippen molar-refractivity contribution >= 4 is 5.82 Å². The van der Waals surface area contributed by atoms with Crippen molar-refractivity contribution in [1.29, 1.82) is 0 Å². The second kappa shape index (κ2) is 16.8. The van der Waals surface area contributed by atoms with Gasteiger partial charge in [0.15, 0.2) is 0 Å². The molecule has 6 rings (SSSR count). The fourth-order valence-electron chi connectivity index (χ4n) is 8.01. The Morgan fingerprint density at radius 2 is 1.73 bits per heavy atom. The summed E-state index contributed by atoms with van der Waals surface area (Å²) in [6.07, 6.45) is 21.2. The van der Waals surface area contributed by atoms with Crippen LogP contribution in [0.1, 0.15) is 134 Å². The quantitative estimate of drug-likeness (QED) is 0.224. The summed E-state index contributed by atoms with van der Waals surface area (Å²) in [4.78, 5) is 12.4. The number of aryl methyl sites for hydroxylation is 2. The van der Waals surface area contributed by atoms with Crippen LogP contribution >= 0.6 is 0 Å². The summed E-state index contributed by atoms with van der Waals surface area (Å²) < 4.78 is 2.03. The molecule has 3 aliphatic rings. The first-order valence-corrected chi connectivity index (χ1v) is 19.0. The predicted octanol–water partition coefficient (Wildman–Crippen LogP) is 10.6. The van der Waals surface area contributed by atoms with E-state index in [2.05, 4.69) is 87.0 Å². The first kappa shape index (κ1) is 35.9. The molecule has 3 fully saturated rings. The monoisotopic (exact) mass is 651 g/mol. The van der Waals surface area contributed by atoms with Crippen molar-refractivity contribution in [2.75, 3.05) is 11.4 Å². The van der Waals surface area contributed by atoms with Crippen LogP contribution in [0.25, 0.3) is 11.1 Å². The van der Waals surface area contributed by atoms with Crippen molar-refractivity contribution in [3.05, 3.63) is 84.4 Å². The van der Waals surface area contributed by atoms with Gasteiger partial charge in [0.2, 0.25) is 0 Å². The minimum absolute atomic E-state index is 0.349. The van der Waals surface area contributed by atoms with Gasteiger partial charge >= 0.3 is 0 Å². The van der Waals surface area contributed by atoms with Gasteiger partial charge < -0.3 is 10.2 Å². The maximum Gasteiger partial charge on any atom is 0.133 e. The number of rotatable bonds is 11. The Hall–Kier alpha value is -3.41. The summed E-state index contributed by atoms with van der Waals surface area (Å²) in [6.45, 7) is 22.5. The molecule has 3 aliphatic carbocycles. The highest BCUT2D eigenvalue weighted by Crippen LogP contribution is 2.39. The number of hydrogen-bond donors (Lipinski definition) is 1. The number of allylic oxidation sites excluding steroid dienone is 2. The molecule has 0 bridgehead atoms. The van der Waals surface area contributed by atoms with Crippen LogP contribution in [-0.4, -0.2) is 32.3 Å². The van der Waals surface area contributed by atoms with E-state index in [1.54, 1.807) is 0 Å². The molecule has 0 aliphatic heterocycles. The third-order valence-electron chi connectivity index (χ3n) is 11.0. The number of anilines is 1. The van der Waals surface area contributed by atoms with Gasteiger partial charge in [0, 0.05) is 65.3 Å². The normalized spacial score (nSPS) is 22.7. The van der Waals surface area contributed by atoms with E-state index >= 15 is 0 Å². The summed E-state index contributed by atoms with van der Waals surface area (Å²) in [5.74, 6) is 3.76. The van der Waals surface area contributed by atoms with E-state index in [-0.39, 0.29) is 0 Å². The first-order chi connectivity index (χ1) is 23.1. The van der Waals surface area contributed by atoms with Crippen LogP contribution in [0.5, 0.6) is 0 Å². The van der Waals surface area contributed by atoms with E-state index in [9.17, 15) is 0 Å². The third-order valence-corrected chi connectivity index (χ3v) is 11.0. The number of hydrogen-bond acceptors (Lipinski definition) is 5. The van der Waals surface area contributed by atoms with Gasteiger partial charge in [-0.25, -0.2) is 4.98 Å². The summed E-state index contributed by atoms with van der Waals surface area (Å²) in [6, 6.07) is 10.0. The fraction of sp³-hybridized carbons (Fsp3) is 0.595. The molecule has 48 heavy (non-hydrogen) atoms. The molecule has 260 valence electrons. The first-order valence-electron chi connectivity index (χ1n) is 19.0. The molecule has 0 amide bonds. The van der Waals surface area contributed by atoms with E-state index in [0.717, 1.165) is 42.0 Å². The van der Waals surface area contributed by atoms with E-state index in [1.165, 1.54) is 98.8 Å². The smallest absolute Gasteiger partial charge is 0.133 e. The van der Waals surface area contributed by atoms with Crippen molar-refractivity contribution in [3.63, 3.8) is 0 Å². The maximum absolute atomic E-state index is 5.00. The minimum Gasteiger partial charge on any atom is -0.386 e. The lowest BCUT2D eigenvalue weighted by molar-refractivity contribution is 0.256. The van der Waals surface area contributed by atoms with Crippen molar-refractivity contribution in [1.82, 2.24) is 25.1 Å². The zero-order chi connectivity index (χ0) is 34.2. The van der Waals surface area contributed by atoms with Gasteiger partial charge in [-0.3, -0.25) is 9.67 Å². The highest BCUT2D eigenvalue weighted by Gasteiger charge is 2.29. The van der Waals surface area contributed by atoms with Gasteiger partial charge in [0.25, 0.3) is 0 Å². The van der Waals surface area contributed by atoms with Crippen LogP contribution in [0.2, 0.25) is 0 Å². The van der Waals surface area contributed by atoms with Crippen LogP contribution in [0.15, 0.2) is 67.4 Å². The van der Waals surface area contributed by atoms with Crippen molar-refractivity contribution < 1.29 is 0 Å². The van der Waals surface area contributed by atoms with Crippen LogP contribution in [0.4, 0.5) is 5.82 Å². The Labute approximate surface area is 291 Å². The van der Waals surface area contributed by atoms with E-state index in [4.69, 9.17) is 16.5 Å². The van der Waals surface area contributed by atoms with Crippen LogP contribution in [0, 0.1) is 24.7 Å². The van der Waals surface area contributed by atoms with Crippen molar-refractivity contribution in [3.8, 4) is 11.1 Å². The lowest BCUT2D eigenvalue weighted by atomic mass is 9.79. The summed E-state index contributed by atoms with van der Waals surface area (Å²) in [7, 11) is 0. The third kappa shape index (κ3) is 9.39. The molecule has 3 aromatic rings. The molecule has 6 heteroatoms. The molecular formula is C42H62N6. The number of pyridine rings is 2. The molecule has 1 N–H and O–H groups in total. The Bertz CT molecular complexity index is 1480. The molecule has 0 unspecified atom stereocenters. The minimum atomic E-state index is 0.349. The van der Waals surface area contributed by atoms with Gasteiger partial charge in [-0.2, -0.15) is 5.10 Å². The number of aromatic nitrogens is 4. The highest BCUT2D eigenvalue weighted by molar-refractivity contribution is 5.66. The Morgan fingerprint density at radius 1 is 1.00 bits per heavy atom. The van der Waals surface area contributed by atoms with E-state index < -0.39 is 0 Å². The average Bonchev–Trinajstić information content (AvgIpc) is 3.58. The Morgan fingerprint density at radius 3 is 2.33 bits per heavy atom. The van der Waals surface area contributed by atoms with Gasteiger partial charge in [0.05, 0.1) is 6.20 Å². The van der Waals surface area contributed by atoms with Crippen molar-refractivity contribution in [2.45, 2.75) is 137 Å². The molecule has 3 saturated carbocycles. The molecular weight excluding hydrogens is 589 g/mol. The summed E-state index contributed by atoms with van der Waals surface area (Å²) in [5.41, 5.74) is 8.57. The van der Waals surface area contributed by atoms with Gasteiger partial charge in [-0.15, -0.1) is 0 Å². The molecule has 0 atom stereocenters. The molecule has 0 radical (unpaired) electrons. The van der Waals surface area contributed by atoms with Crippen LogP contribution in [-0.2, 0) is 6.42 Å². The Kier molecular flexibility index (Phi) is 12.6. The SMILES string of the molecule is C=C(C)NC1CC(C)C1.C=C(C1CCCCC1)N(CC1CCC(c2ccc(CC)c(C)n2)CC1)c1cc(-c2cnn(C(C)C)c2)ccn1. The van der Waals surface area contributed by atoms with Gasteiger partial charge in [-0.1, -0.05) is 52.3 Å². The summed E-state index contributed by atoms with van der Waals surface area (Å²) >= 11 is 0. The molecule has 0 saturated heterocycles. The zero-order valence-electron chi connectivity index (χ0n) is 30.8. The zero-order valence-corrected chi connectivity index (χ0v) is 30.8. The summed E-state index contributed by atoms with van der Waals surface area (Å²) in [5, 5.41) is 7.89. The molecule has 3 aromatic heterocycles. The maximum atomic E-state index is 5.00. The van der Waals surface area contributed by atoms with Gasteiger partial charge in [-0.05, 0) is 133 Å². The van der Waals surface area contributed by atoms with Gasteiger partial charge in [0.1, 0.15) is 5.82 Å². The topological polar surface area (TPSA) is 58.9 Å². The lowest BCUT2D eigenvalue weighted by Crippen LogP contribution is -2.38. The Balaban J connectivity index is 0.000000434. The second-order valence-electron chi connectivity index (χ2n) is 15.4. The largest absolute Gasteiger partial charge is 0.386 e. The van der Waals surface area contributed by atoms with Crippen molar-refractivity contribution in [2.24, 2.45) is 17.8 Å². The molecule has 3 heterocycles.